The molecule has 0 unspecified atom stereocenters. The summed E-state index contributed by atoms with van der Waals surface area (Å²) in [4.78, 5) is 0. The van der Waals surface area contributed by atoms with Crippen LogP contribution in [-0.4, -0.2) is 21.1 Å². The zero-order valence-corrected chi connectivity index (χ0v) is 10.7. The molecule has 0 heterocycles. The van der Waals surface area contributed by atoms with Gasteiger partial charge < -0.3 is 8.85 Å². The zero-order valence-electron chi connectivity index (χ0n) is 8.94. The fraction of sp³-hybridized carbons (Fsp3) is 1.00. The molecule has 0 amide bonds. The number of hydrogen-bond donors (Lipinski definition) is 0. The molecule has 0 spiro atoms. The van der Waals surface area contributed by atoms with Gasteiger partial charge in [0.2, 0.25) is 0 Å². The normalized spacial score (nSPS) is 12.0. The highest BCUT2D eigenvalue weighted by Gasteiger charge is 2.34. The molecule has 0 saturated heterocycles. The van der Waals surface area contributed by atoms with E-state index in [1.165, 1.54) is 0 Å². The molecule has 0 aliphatic carbocycles. The summed E-state index contributed by atoms with van der Waals surface area (Å²) < 4.78 is 11.2. The molecule has 0 aromatic heterocycles. The average Bonchev–Trinajstić information content (AvgIpc) is 2.12. The van der Waals surface area contributed by atoms with E-state index in [9.17, 15) is 0 Å². The van der Waals surface area contributed by atoms with Gasteiger partial charge in [-0.3, -0.25) is 0 Å². The van der Waals surface area contributed by atoms with Crippen molar-refractivity contribution in [3.05, 3.63) is 0 Å². The maximum absolute atomic E-state index is 6.29. The molecule has 0 aromatic rings. The Hall–Kier alpha value is 0.427. The van der Waals surface area contributed by atoms with E-state index in [2.05, 4.69) is 20.8 Å². The Kier molecular flexibility index (Phi) is 8.05. The molecule has 0 aromatic carbocycles. The molecule has 0 aliphatic heterocycles. The van der Waals surface area contributed by atoms with Gasteiger partial charge >= 0.3 is 7.87 Å². The quantitative estimate of drug-likeness (QED) is 0.465. The molecule has 0 bridgehead atoms. The molecule has 13 heavy (non-hydrogen) atoms. The van der Waals surface area contributed by atoms with E-state index in [0.29, 0.717) is 0 Å². The lowest BCUT2D eigenvalue weighted by Crippen LogP contribution is -2.36. The maximum Gasteiger partial charge on any atom is 0.443 e. The van der Waals surface area contributed by atoms with E-state index >= 15 is 0 Å². The van der Waals surface area contributed by atoms with Crippen LogP contribution in [0.25, 0.3) is 0 Å². The van der Waals surface area contributed by atoms with Crippen molar-refractivity contribution in [3.63, 3.8) is 0 Å². The van der Waals surface area contributed by atoms with Gasteiger partial charge in [-0.1, -0.05) is 38.3 Å². The second kappa shape index (κ2) is 7.80. The monoisotopic (exact) mass is 224 g/mol. The second-order valence-electron chi connectivity index (χ2n) is 3.11. The van der Waals surface area contributed by atoms with E-state index in [0.717, 1.165) is 38.5 Å². The maximum atomic E-state index is 6.29. The van der Waals surface area contributed by atoms with Gasteiger partial charge in [-0.2, -0.15) is 0 Å². The molecular weight excluding hydrogens is 204 g/mol. The molecule has 2 nitrogen and oxygen atoms in total. The van der Waals surface area contributed by atoms with Crippen molar-refractivity contribution in [1.82, 2.24) is 0 Å². The minimum atomic E-state index is -2.32. The van der Waals surface area contributed by atoms with Crippen molar-refractivity contribution in [2.24, 2.45) is 0 Å². The van der Waals surface area contributed by atoms with Gasteiger partial charge in [0, 0.05) is 19.3 Å². The summed E-state index contributed by atoms with van der Waals surface area (Å²) in [5, 5.41) is 0. The molecule has 80 valence electrons. The first-order chi connectivity index (χ1) is 6.18. The minimum absolute atomic E-state index is 0.722. The van der Waals surface area contributed by atoms with Crippen LogP contribution in [0.3, 0.4) is 0 Å². The summed E-state index contributed by atoms with van der Waals surface area (Å²) in [6.07, 6.45) is 3.03. The highest BCUT2D eigenvalue weighted by Crippen LogP contribution is 2.21. The molecule has 0 radical (unpaired) electrons. The van der Waals surface area contributed by atoms with Crippen LogP contribution in [0.2, 0.25) is 6.04 Å². The van der Waals surface area contributed by atoms with Crippen LogP contribution in [0.15, 0.2) is 0 Å². The molecule has 0 N–H and O–H groups in total. The summed E-state index contributed by atoms with van der Waals surface area (Å²) in [6.45, 7) is 7.71. The topological polar surface area (TPSA) is 18.5 Å². The van der Waals surface area contributed by atoms with Crippen molar-refractivity contribution in [3.8, 4) is 0 Å². The van der Waals surface area contributed by atoms with E-state index in [4.69, 9.17) is 19.9 Å². The predicted octanol–water partition coefficient (Wildman–Crippen LogP) is 3.43. The summed E-state index contributed by atoms with van der Waals surface area (Å²) in [5.74, 6) is 0. The third-order valence-electron chi connectivity index (χ3n) is 1.59. The molecule has 0 rings (SSSR count). The van der Waals surface area contributed by atoms with Gasteiger partial charge in [0.15, 0.2) is 0 Å². The molecule has 0 aliphatic rings. The summed E-state index contributed by atoms with van der Waals surface area (Å²) >= 11 is 6.29. The van der Waals surface area contributed by atoms with E-state index in [1.807, 2.05) is 0 Å². The van der Waals surface area contributed by atoms with Crippen LogP contribution in [-0.2, 0) is 8.85 Å². The van der Waals surface area contributed by atoms with Gasteiger partial charge in [-0.15, -0.1) is 0 Å². The second-order valence-corrected chi connectivity index (χ2v) is 7.23. The first-order valence-corrected chi connectivity index (χ1v) is 8.18. The van der Waals surface area contributed by atoms with Crippen LogP contribution >= 0.6 is 11.1 Å². The fourth-order valence-electron chi connectivity index (χ4n) is 0.994. The Morgan fingerprint density at radius 2 is 1.38 bits per heavy atom. The lowest BCUT2D eigenvalue weighted by Gasteiger charge is -2.23. The lowest BCUT2D eigenvalue weighted by molar-refractivity contribution is 0.186. The Balaban J connectivity index is 3.84. The van der Waals surface area contributed by atoms with Crippen LogP contribution in [0.1, 0.15) is 40.0 Å². The summed E-state index contributed by atoms with van der Waals surface area (Å²) in [5.41, 5.74) is 0. The molecule has 4 heteroatoms. The van der Waals surface area contributed by atoms with E-state index in [1.54, 1.807) is 0 Å². The fourth-order valence-corrected chi connectivity index (χ4v) is 4.01. The number of halogens is 1. The predicted molar refractivity (Wildman–Crippen MR) is 59.2 cm³/mol. The van der Waals surface area contributed by atoms with Gasteiger partial charge in [-0.25, -0.2) is 0 Å². The average molecular weight is 225 g/mol. The molecule has 0 saturated carbocycles. The van der Waals surface area contributed by atoms with Crippen molar-refractivity contribution < 1.29 is 8.85 Å². The van der Waals surface area contributed by atoms with E-state index in [-0.39, 0.29) is 0 Å². The van der Waals surface area contributed by atoms with Crippen LogP contribution in [0.5, 0.6) is 0 Å². The standard InChI is InChI=1S/C9H21ClO2Si/c1-4-7-11-13(10,9-6-3)12-8-5-2/h4-9H2,1-3H3. The van der Waals surface area contributed by atoms with Crippen LogP contribution in [0.4, 0.5) is 0 Å². The molecule has 0 fully saturated rings. The Morgan fingerprint density at radius 1 is 0.923 bits per heavy atom. The third-order valence-corrected chi connectivity index (χ3v) is 5.18. The minimum Gasteiger partial charge on any atom is -0.383 e. The van der Waals surface area contributed by atoms with Crippen molar-refractivity contribution in [1.29, 1.82) is 0 Å². The molecular formula is C9H21ClO2Si. The Morgan fingerprint density at radius 3 is 1.69 bits per heavy atom. The Labute approximate surface area is 87.5 Å². The largest absolute Gasteiger partial charge is 0.443 e. The highest BCUT2D eigenvalue weighted by atomic mass is 35.6. The van der Waals surface area contributed by atoms with Crippen molar-refractivity contribution in [2.75, 3.05) is 13.2 Å². The highest BCUT2D eigenvalue weighted by molar-refractivity contribution is 7.12. The Bertz CT molecular complexity index is 114. The van der Waals surface area contributed by atoms with E-state index < -0.39 is 7.87 Å². The number of hydrogen-bond acceptors (Lipinski definition) is 2. The van der Waals surface area contributed by atoms with Crippen LogP contribution in [0, 0.1) is 0 Å². The van der Waals surface area contributed by atoms with Gasteiger partial charge in [0.1, 0.15) is 0 Å². The lowest BCUT2D eigenvalue weighted by atomic mass is 10.5. The third kappa shape index (κ3) is 6.49. The zero-order chi connectivity index (χ0) is 10.2. The number of rotatable bonds is 8. The summed E-state index contributed by atoms with van der Waals surface area (Å²) in [6, 6.07) is 0.883. The van der Waals surface area contributed by atoms with Gasteiger partial charge in [0.05, 0.1) is 0 Å². The molecule has 0 atom stereocenters. The van der Waals surface area contributed by atoms with Crippen molar-refractivity contribution in [2.45, 2.75) is 46.1 Å². The van der Waals surface area contributed by atoms with Gasteiger partial charge in [-0.05, 0) is 12.8 Å². The first kappa shape index (κ1) is 13.4. The summed E-state index contributed by atoms with van der Waals surface area (Å²) in [7, 11) is -2.32. The van der Waals surface area contributed by atoms with Crippen LogP contribution < -0.4 is 0 Å². The van der Waals surface area contributed by atoms with Gasteiger partial charge in [0.25, 0.3) is 0 Å². The van der Waals surface area contributed by atoms with Crippen molar-refractivity contribution >= 4 is 18.9 Å². The SMILES string of the molecule is CCCO[Si](Cl)(CCC)OCCC. The smallest absolute Gasteiger partial charge is 0.383 e. The first-order valence-electron chi connectivity index (χ1n) is 5.15.